The highest BCUT2D eigenvalue weighted by Gasteiger charge is 2.42. The third kappa shape index (κ3) is 4.95. The van der Waals surface area contributed by atoms with Crippen molar-refractivity contribution in [3.05, 3.63) is 107 Å². The maximum Gasteiger partial charge on any atom is 0.226 e. The van der Waals surface area contributed by atoms with E-state index in [9.17, 15) is 9.18 Å². The quantitative estimate of drug-likeness (QED) is 0.279. The molecule has 0 spiro atoms. The van der Waals surface area contributed by atoms with Crippen LogP contribution in [0.4, 0.5) is 15.8 Å². The van der Waals surface area contributed by atoms with Crippen molar-refractivity contribution in [3.8, 4) is 5.69 Å². The van der Waals surface area contributed by atoms with Gasteiger partial charge in [0.05, 0.1) is 22.4 Å². The number of carbonyl (C=O) groups excluding carboxylic acids is 1. The molecule has 0 aliphatic carbocycles. The maximum atomic E-state index is 13.6. The molecule has 0 unspecified atom stereocenters. The first-order chi connectivity index (χ1) is 17.8. The molecule has 4 aromatic rings. The van der Waals surface area contributed by atoms with Crippen LogP contribution in [0.3, 0.4) is 0 Å². The summed E-state index contributed by atoms with van der Waals surface area (Å²) in [6, 6.07) is 21.0. The summed E-state index contributed by atoms with van der Waals surface area (Å²) in [5, 5.41) is 7.22. The predicted octanol–water partition coefficient (Wildman–Crippen LogP) is 6.44. The number of hydrogen-bond acceptors (Lipinski definition) is 3. The Kier molecular flexibility index (Phi) is 6.95. The van der Waals surface area contributed by atoms with E-state index < -0.39 is 0 Å². The fraction of sp³-hybridized carbons (Fsp3) is 0.179. The molecule has 1 aliphatic heterocycles. The van der Waals surface area contributed by atoms with Crippen LogP contribution >= 0.6 is 23.8 Å². The summed E-state index contributed by atoms with van der Waals surface area (Å²) in [5.41, 5.74) is 3.89. The first-order valence-electron chi connectivity index (χ1n) is 11.9. The lowest BCUT2D eigenvalue weighted by molar-refractivity contribution is -0.118. The largest absolute Gasteiger partial charge is 0.351 e. The Morgan fingerprint density at radius 2 is 1.84 bits per heavy atom. The Balaban J connectivity index is 1.59. The molecule has 2 atom stereocenters. The van der Waals surface area contributed by atoms with E-state index in [1.807, 2.05) is 65.9 Å². The minimum absolute atomic E-state index is 0.113. The number of benzene rings is 2. The summed E-state index contributed by atoms with van der Waals surface area (Å²) >= 11 is 12.4. The van der Waals surface area contributed by atoms with E-state index in [2.05, 4.69) is 15.6 Å². The van der Waals surface area contributed by atoms with Crippen LogP contribution in [0, 0.1) is 11.7 Å². The number of aromatic nitrogens is 2. The Morgan fingerprint density at radius 3 is 2.51 bits per heavy atom. The van der Waals surface area contributed by atoms with E-state index in [4.69, 9.17) is 23.8 Å². The van der Waals surface area contributed by atoms with Gasteiger partial charge in [0.25, 0.3) is 0 Å². The van der Waals surface area contributed by atoms with Gasteiger partial charge in [0.1, 0.15) is 11.9 Å². The van der Waals surface area contributed by atoms with Gasteiger partial charge in [-0.3, -0.25) is 9.78 Å². The summed E-state index contributed by atoms with van der Waals surface area (Å²) in [7, 11) is 0. The van der Waals surface area contributed by atoms with Gasteiger partial charge >= 0.3 is 0 Å². The first kappa shape index (κ1) is 24.9. The molecule has 2 aromatic carbocycles. The zero-order chi connectivity index (χ0) is 26.1. The number of pyridine rings is 1. The van der Waals surface area contributed by atoms with Crippen molar-refractivity contribution in [1.29, 1.82) is 0 Å². The normalized spacial score (nSPS) is 17.2. The smallest absolute Gasteiger partial charge is 0.226 e. The SMILES string of the molecule is CC(C)C(=O)Nc1ccc(N2C(=S)N[C@H](c3ccccn3)[C@@H]2c2cccn2-c2ccc(F)cc2)cc1Cl. The Morgan fingerprint density at radius 1 is 1.08 bits per heavy atom. The van der Waals surface area contributed by atoms with Crippen molar-refractivity contribution in [1.82, 2.24) is 14.9 Å². The summed E-state index contributed by atoms with van der Waals surface area (Å²) in [6.07, 6.45) is 3.69. The Hall–Kier alpha value is -3.75. The average molecular weight is 534 g/mol. The van der Waals surface area contributed by atoms with Crippen LogP contribution in [0.2, 0.25) is 5.02 Å². The fourth-order valence-electron chi connectivity index (χ4n) is 4.44. The molecule has 0 bridgehead atoms. The van der Waals surface area contributed by atoms with Gasteiger partial charge in [-0.15, -0.1) is 0 Å². The van der Waals surface area contributed by atoms with Crippen LogP contribution in [0.25, 0.3) is 5.69 Å². The van der Waals surface area contributed by atoms with E-state index >= 15 is 0 Å². The number of rotatable bonds is 6. The molecule has 1 aliphatic rings. The molecule has 188 valence electrons. The highest BCUT2D eigenvalue weighted by atomic mass is 35.5. The van der Waals surface area contributed by atoms with Crippen LogP contribution in [-0.4, -0.2) is 20.6 Å². The van der Waals surface area contributed by atoms with E-state index in [0.717, 1.165) is 22.8 Å². The molecule has 1 fully saturated rings. The van der Waals surface area contributed by atoms with E-state index in [1.54, 1.807) is 30.5 Å². The van der Waals surface area contributed by atoms with Crippen LogP contribution < -0.4 is 15.5 Å². The fourth-order valence-corrected chi connectivity index (χ4v) is 5.01. The molecule has 6 nitrogen and oxygen atoms in total. The van der Waals surface area contributed by atoms with Crippen molar-refractivity contribution >= 4 is 46.2 Å². The number of nitrogens with zero attached hydrogens (tertiary/aromatic N) is 3. The summed E-state index contributed by atoms with van der Waals surface area (Å²) in [6.45, 7) is 3.65. The van der Waals surface area contributed by atoms with Crippen LogP contribution in [-0.2, 0) is 4.79 Å². The molecule has 3 heterocycles. The van der Waals surface area contributed by atoms with Gasteiger partial charge in [0, 0.05) is 35.4 Å². The maximum absolute atomic E-state index is 13.6. The van der Waals surface area contributed by atoms with Crippen molar-refractivity contribution < 1.29 is 9.18 Å². The minimum atomic E-state index is -0.298. The summed E-state index contributed by atoms with van der Waals surface area (Å²) < 4.78 is 15.7. The standard InChI is InChI=1S/C28H25ClFN5OS/c1-17(2)27(36)32-22-13-12-20(16-21(22)29)35-26(25(33-28(35)37)23-6-3-4-14-31-23)24-7-5-15-34(24)19-10-8-18(30)9-11-19/h3-17,25-26H,1-2H3,(H,32,36)(H,33,37)/t25-,26+/m1/s1. The molecule has 37 heavy (non-hydrogen) atoms. The molecule has 2 aromatic heterocycles. The van der Waals surface area contributed by atoms with Gasteiger partial charge in [-0.2, -0.15) is 0 Å². The van der Waals surface area contributed by atoms with Crippen LogP contribution in [0.1, 0.15) is 37.3 Å². The third-order valence-electron chi connectivity index (χ3n) is 6.30. The zero-order valence-corrected chi connectivity index (χ0v) is 21.8. The van der Waals surface area contributed by atoms with Gasteiger partial charge < -0.3 is 20.1 Å². The molecule has 9 heteroatoms. The third-order valence-corrected chi connectivity index (χ3v) is 6.93. The number of amides is 1. The number of halogens is 2. The highest BCUT2D eigenvalue weighted by Crippen LogP contribution is 2.43. The number of carbonyl (C=O) groups is 1. The summed E-state index contributed by atoms with van der Waals surface area (Å²) in [4.78, 5) is 18.8. The summed E-state index contributed by atoms with van der Waals surface area (Å²) in [5.74, 6) is -0.583. The van der Waals surface area contributed by atoms with Crippen LogP contribution in [0.5, 0.6) is 0 Å². The number of thiocarbonyl (C=S) groups is 1. The second kappa shape index (κ2) is 10.3. The minimum Gasteiger partial charge on any atom is -0.351 e. The van der Waals surface area contributed by atoms with Gasteiger partial charge in [0.2, 0.25) is 5.91 Å². The number of nitrogens with one attached hydrogen (secondary N) is 2. The van der Waals surface area contributed by atoms with Gasteiger partial charge in [0.15, 0.2) is 5.11 Å². The van der Waals surface area contributed by atoms with Crippen LogP contribution in [0.15, 0.2) is 85.2 Å². The zero-order valence-electron chi connectivity index (χ0n) is 20.2. The van der Waals surface area contributed by atoms with Crippen molar-refractivity contribution in [2.45, 2.75) is 25.9 Å². The van der Waals surface area contributed by atoms with Gasteiger partial charge in [-0.25, -0.2) is 4.39 Å². The molecule has 5 rings (SSSR count). The molecule has 0 saturated carbocycles. The monoisotopic (exact) mass is 533 g/mol. The number of hydrogen-bond donors (Lipinski definition) is 2. The lowest BCUT2D eigenvalue weighted by Gasteiger charge is -2.29. The van der Waals surface area contributed by atoms with Crippen molar-refractivity contribution in [2.24, 2.45) is 5.92 Å². The number of anilines is 2. The topological polar surface area (TPSA) is 62.2 Å². The lowest BCUT2D eigenvalue weighted by Crippen LogP contribution is -2.30. The average Bonchev–Trinajstić information content (AvgIpc) is 3.50. The molecule has 2 N–H and O–H groups in total. The van der Waals surface area contributed by atoms with Gasteiger partial charge in [-0.1, -0.05) is 31.5 Å². The molecular weight excluding hydrogens is 509 g/mol. The Bertz CT molecular complexity index is 1440. The second-order valence-corrected chi connectivity index (χ2v) is 9.88. The Labute approximate surface area is 225 Å². The highest BCUT2D eigenvalue weighted by molar-refractivity contribution is 7.80. The lowest BCUT2D eigenvalue weighted by atomic mass is 10.0. The van der Waals surface area contributed by atoms with E-state index in [-0.39, 0.29) is 29.7 Å². The van der Waals surface area contributed by atoms with E-state index in [0.29, 0.717) is 15.8 Å². The van der Waals surface area contributed by atoms with Crippen molar-refractivity contribution in [2.75, 3.05) is 10.2 Å². The van der Waals surface area contributed by atoms with E-state index in [1.165, 1.54) is 12.1 Å². The van der Waals surface area contributed by atoms with Crippen molar-refractivity contribution in [3.63, 3.8) is 0 Å². The molecule has 1 amide bonds. The van der Waals surface area contributed by atoms with Gasteiger partial charge in [-0.05, 0) is 78.9 Å². The second-order valence-electron chi connectivity index (χ2n) is 9.08. The molecular formula is C28H25ClFN5OS. The predicted molar refractivity (Wildman–Crippen MR) is 149 cm³/mol. The molecule has 0 radical (unpaired) electrons. The first-order valence-corrected chi connectivity index (χ1v) is 12.7. The molecule has 1 saturated heterocycles.